The molecule has 0 aliphatic carbocycles. The van der Waals surface area contributed by atoms with Crippen molar-refractivity contribution >= 4 is 21.9 Å². The smallest absolute Gasteiger partial charge is 0.164 e. The zero-order chi connectivity index (χ0) is 28.6. The standard InChI is InChI=1S/C39H25N3O/c1-4-12-26(13-5-1)31-18-10-20-33-34-21-11-19-32(36(34)43-35(31)33)27-22-24-30(25-23-27)39-41-37(28-14-6-2-7-15-28)40-38(42-39)29-16-8-3-9-17-29/h1-25H. The molecule has 8 aromatic rings. The fourth-order valence-electron chi connectivity index (χ4n) is 5.63. The van der Waals surface area contributed by atoms with Gasteiger partial charge in [-0.2, -0.15) is 0 Å². The summed E-state index contributed by atoms with van der Waals surface area (Å²) < 4.78 is 6.63. The fraction of sp³-hybridized carbons (Fsp3) is 0. The van der Waals surface area contributed by atoms with Gasteiger partial charge in [0.2, 0.25) is 0 Å². The Morgan fingerprint density at radius 3 is 1.09 bits per heavy atom. The first kappa shape index (κ1) is 24.9. The molecule has 0 unspecified atom stereocenters. The van der Waals surface area contributed by atoms with Gasteiger partial charge in [0.05, 0.1) is 0 Å². The third-order valence-electron chi connectivity index (χ3n) is 7.76. The van der Waals surface area contributed by atoms with Gasteiger partial charge in [-0.15, -0.1) is 0 Å². The number of furan rings is 1. The Labute approximate surface area is 249 Å². The van der Waals surface area contributed by atoms with E-state index >= 15 is 0 Å². The van der Waals surface area contributed by atoms with Crippen LogP contribution in [0.15, 0.2) is 156 Å². The third-order valence-corrected chi connectivity index (χ3v) is 7.76. The van der Waals surface area contributed by atoms with E-state index in [4.69, 9.17) is 19.4 Å². The van der Waals surface area contributed by atoms with Crippen molar-refractivity contribution in [3.8, 4) is 56.4 Å². The van der Waals surface area contributed by atoms with Crippen LogP contribution in [0.5, 0.6) is 0 Å². The molecule has 0 spiro atoms. The lowest BCUT2D eigenvalue weighted by atomic mass is 9.99. The van der Waals surface area contributed by atoms with Crippen LogP contribution in [-0.4, -0.2) is 15.0 Å². The first-order chi connectivity index (χ1) is 21.3. The number of hydrogen-bond acceptors (Lipinski definition) is 4. The number of nitrogens with zero attached hydrogens (tertiary/aromatic N) is 3. The highest BCUT2D eigenvalue weighted by Crippen LogP contribution is 2.40. The minimum atomic E-state index is 0.633. The Hall–Kier alpha value is -5.87. The summed E-state index contributed by atoms with van der Waals surface area (Å²) in [6, 6.07) is 51.5. The van der Waals surface area contributed by atoms with Gasteiger partial charge in [0.25, 0.3) is 0 Å². The zero-order valence-electron chi connectivity index (χ0n) is 23.2. The number of hydrogen-bond donors (Lipinski definition) is 0. The van der Waals surface area contributed by atoms with Crippen LogP contribution in [-0.2, 0) is 0 Å². The number of benzene rings is 6. The maximum atomic E-state index is 6.63. The van der Waals surface area contributed by atoms with Gasteiger partial charge < -0.3 is 4.42 Å². The Morgan fingerprint density at radius 2 is 0.651 bits per heavy atom. The molecule has 0 amide bonds. The van der Waals surface area contributed by atoms with Crippen LogP contribution < -0.4 is 0 Å². The lowest BCUT2D eigenvalue weighted by molar-refractivity contribution is 0.671. The van der Waals surface area contributed by atoms with E-state index in [0.29, 0.717) is 17.5 Å². The Morgan fingerprint density at radius 1 is 0.302 bits per heavy atom. The summed E-state index contributed by atoms with van der Waals surface area (Å²) in [6.07, 6.45) is 0. The van der Waals surface area contributed by atoms with E-state index in [0.717, 1.165) is 60.9 Å². The Kier molecular flexibility index (Phi) is 6.08. The van der Waals surface area contributed by atoms with E-state index in [1.54, 1.807) is 0 Å². The highest BCUT2D eigenvalue weighted by Gasteiger charge is 2.16. The van der Waals surface area contributed by atoms with Crippen molar-refractivity contribution in [1.82, 2.24) is 15.0 Å². The second kappa shape index (κ2) is 10.5. The molecule has 0 N–H and O–H groups in total. The highest BCUT2D eigenvalue weighted by molar-refractivity contribution is 6.13. The van der Waals surface area contributed by atoms with Gasteiger partial charge in [0.15, 0.2) is 17.5 Å². The van der Waals surface area contributed by atoms with Crippen molar-refractivity contribution in [1.29, 1.82) is 0 Å². The molecular weight excluding hydrogens is 526 g/mol. The molecule has 0 fully saturated rings. The molecule has 0 atom stereocenters. The minimum Gasteiger partial charge on any atom is -0.455 e. The number of para-hydroxylation sites is 2. The highest BCUT2D eigenvalue weighted by atomic mass is 16.3. The zero-order valence-corrected chi connectivity index (χ0v) is 23.2. The quantitative estimate of drug-likeness (QED) is 0.214. The number of aromatic nitrogens is 3. The number of fused-ring (bicyclic) bond motifs is 3. The van der Waals surface area contributed by atoms with Crippen LogP contribution in [0.25, 0.3) is 78.4 Å². The van der Waals surface area contributed by atoms with Gasteiger partial charge in [0.1, 0.15) is 11.2 Å². The Balaban J connectivity index is 1.23. The van der Waals surface area contributed by atoms with E-state index in [1.165, 1.54) is 0 Å². The average Bonchev–Trinajstić information content (AvgIpc) is 3.49. The molecule has 43 heavy (non-hydrogen) atoms. The van der Waals surface area contributed by atoms with Crippen molar-refractivity contribution < 1.29 is 4.42 Å². The molecule has 4 nitrogen and oxygen atoms in total. The normalized spacial score (nSPS) is 11.3. The predicted molar refractivity (Wildman–Crippen MR) is 174 cm³/mol. The molecular formula is C39H25N3O. The summed E-state index contributed by atoms with van der Waals surface area (Å²) in [5, 5.41) is 2.22. The van der Waals surface area contributed by atoms with Crippen LogP contribution in [0, 0.1) is 0 Å². The monoisotopic (exact) mass is 551 g/mol. The molecule has 202 valence electrons. The maximum Gasteiger partial charge on any atom is 0.164 e. The van der Waals surface area contributed by atoms with Crippen LogP contribution >= 0.6 is 0 Å². The van der Waals surface area contributed by atoms with E-state index in [9.17, 15) is 0 Å². The molecule has 0 radical (unpaired) electrons. The van der Waals surface area contributed by atoms with Crippen molar-refractivity contribution in [3.63, 3.8) is 0 Å². The second-order valence-corrected chi connectivity index (χ2v) is 10.4. The van der Waals surface area contributed by atoms with E-state index in [2.05, 4.69) is 84.9 Å². The molecule has 0 aliphatic rings. The molecule has 6 aromatic carbocycles. The lowest BCUT2D eigenvalue weighted by Crippen LogP contribution is -2.00. The van der Waals surface area contributed by atoms with Crippen LogP contribution in [0.4, 0.5) is 0 Å². The summed E-state index contributed by atoms with van der Waals surface area (Å²) in [5.74, 6) is 1.93. The van der Waals surface area contributed by atoms with Crippen molar-refractivity contribution in [3.05, 3.63) is 152 Å². The van der Waals surface area contributed by atoms with Gasteiger partial charge in [-0.05, 0) is 11.1 Å². The topological polar surface area (TPSA) is 51.8 Å². The maximum absolute atomic E-state index is 6.63. The molecule has 4 heteroatoms. The van der Waals surface area contributed by atoms with E-state index in [-0.39, 0.29) is 0 Å². The van der Waals surface area contributed by atoms with Gasteiger partial charge >= 0.3 is 0 Å². The average molecular weight is 552 g/mol. The van der Waals surface area contributed by atoms with Crippen molar-refractivity contribution in [2.24, 2.45) is 0 Å². The van der Waals surface area contributed by atoms with Crippen LogP contribution in [0.2, 0.25) is 0 Å². The van der Waals surface area contributed by atoms with Gasteiger partial charge in [-0.25, -0.2) is 15.0 Å². The first-order valence-corrected chi connectivity index (χ1v) is 14.3. The predicted octanol–water partition coefficient (Wildman–Crippen LogP) is 10.1. The third kappa shape index (κ3) is 4.55. The van der Waals surface area contributed by atoms with Crippen molar-refractivity contribution in [2.45, 2.75) is 0 Å². The summed E-state index contributed by atoms with van der Waals surface area (Å²) in [4.78, 5) is 14.6. The summed E-state index contributed by atoms with van der Waals surface area (Å²) in [6.45, 7) is 0. The number of rotatable bonds is 5. The van der Waals surface area contributed by atoms with Gasteiger partial charge in [-0.3, -0.25) is 0 Å². The van der Waals surface area contributed by atoms with Crippen LogP contribution in [0.3, 0.4) is 0 Å². The molecule has 2 heterocycles. The fourth-order valence-corrected chi connectivity index (χ4v) is 5.63. The Bertz CT molecular complexity index is 2150. The van der Waals surface area contributed by atoms with Crippen LogP contribution in [0.1, 0.15) is 0 Å². The molecule has 2 aromatic heterocycles. The lowest BCUT2D eigenvalue weighted by Gasteiger charge is -2.09. The first-order valence-electron chi connectivity index (χ1n) is 14.3. The molecule has 0 aliphatic heterocycles. The molecule has 0 saturated heterocycles. The van der Waals surface area contributed by atoms with Crippen molar-refractivity contribution in [2.75, 3.05) is 0 Å². The van der Waals surface area contributed by atoms with E-state index < -0.39 is 0 Å². The SMILES string of the molecule is c1ccc(-c2nc(-c3ccccc3)nc(-c3ccc(-c4cccc5c4oc4c(-c6ccccc6)cccc45)cc3)n2)cc1. The van der Waals surface area contributed by atoms with Gasteiger partial charge in [-0.1, -0.05) is 152 Å². The van der Waals surface area contributed by atoms with Gasteiger partial charge in [0, 0.05) is 38.6 Å². The summed E-state index contributed by atoms with van der Waals surface area (Å²) in [7, 11) is 0. The molecule has 0 bridgehead atoms. The summed E-state index contributed by atoms with van der Waals surface area (Å²) in [5.41, 5.74) is 8.95. The largest absolute Gasteiger partial charge is 0.455 e. The molecule has 8 rings (SSSR count). The van der Waals surface area contributed by atoms with E-state index in [1.807, 2.05) is 66.7 Å². The summed E-state index contributed by atoms with van der Waals surface area (Å²) >= 11 is 0. The second-order valence-electron chi connectivity index (χ2n) is 10.4. The molecule has 0 saturated carbocycles. The minimum absolute atomic E-state index is 0.633.